The van der Waals surface area contributed by atoms with Crippen molar-refractivity contribution in [2.45, 2.75) is 257 Å². The van der Waals surface area contributed by atoms with Gasteiger partial charge in [0.05, 0.1) is 0 Å². The second kappa shape index (κ2) is 32.3. The molecule has 4 heteroatoms. The Hall–Kier alpha value is -8.71. The molecule has 4 aliphatic carbocycles. The molecular formula is C108H118IN3. The van der Waals surface area contributed by atoms with Gasteiger partial charge in [0.25, 0.3) is 0 Å². The van der Waals surface area contributed by atoms with Gasteiger partial charge in [-0.3, -0.25) is 4.57 Å². The summed E-state index contributed by atoms with van der Waals surface area (Å²) < 4.78 is 3.57. The topological polar surface area (TPSA) is 30.7 Å². The van der Waals surface area contributed by atoms with Gasteiger partial charge < -0.3 is 0 Å². The monoisotopic (exact) mass is 1580 g/mol. The smallest absolute Gasteiger partial charge is 0.168 e. The van der Waals surface area contributed by atoms with Crippen molar-refractivity contribution in [3.8, 4) is 117 Å². The van der Waals surface area contributed by atoms with Crippen LogP contribution >= 0.6 is 22.6 Å². The molecule has 0 fully saturated rings. The van der Waals surface area contributed by atoms with E-state index in [9.17, 15) is 0 Å². The van der Waals surface area contributed by atoms with Crippen molar-refractivity contribution < 1.29 is 0 Å². The highest BCUT2D eigenvalue weighted by molar-refractivity contribution is 14.1. The fraction of sp³-hybridized carbons (Fsp3) is 0.370. The Bertz CT molecular complexity index is 5370. The van der Waals surface area contributed by atoms with Crippen LogP contribution in [-0.2, 0) is 27.1 Å². The number of benzene rings is 11. The molecule has 12 aromatic rings. The third-order valence-corrected chi connectivity index (χ3v) is 27.9. The van der Waals surface area contributed by atoms with Crippen LogP contribution in [0.2, 0.25) is 0 Å². The van der Waals surface area contributed by atoms with E-state index in [0.29, 0.717) is 0 Å². The number of halogens is 1. The van der Waals surface area contributed by atoms with E-state index < -0.39 is 0 Å². The molecule has 1 heterocycles. The van der Waals surface area contributed by atoms with E-state index in [1.807, 2.05) is 0 Å². The summed E-state index contributed by atoms with van der Waals surface area (Å²) in [6.45, 7) is 25.9. The Morgan fingerprint density at radius 1 is 0.259 bits per heavy atom. The number of para-hydroxylation sites is 1. The van der Waals surface area contributed by atoms with Crippen LogP contribution in [0.5, 0.6) is 0 Å². The second-order valence-electron chi connectivity index (χ2n) is 35.1. The maximum absolute atomic E-state index is 4.93. The minimum absolute atomic E-state index is 0.0416. The summed E-state index contributed by atoms with van der Waals surface area (Å²) in [5, 5.41) is 9.82. The number of hydrogen-bond acceptors (Lipinski definition) is 2. The molecule has 0 unspecified atom stereocenters. The molecule has 16 rings (SSSR count). The molecule has 0 spiro atoms. The van der Waals surface area contributed by atoms with Crippen LogP contribution in [0.3, 0.4) is 0 Å². The first-order chi connectivity index (χ1) is 54.6. The first kappa shape index (κ1) is 77.2. The van der Waals surface area contributed by atoms with Crippen LogP contribution in [0.25, 0.3) is 117 Å². The Morgan fingerprint density at radius 3 is 0.741 bits per heavy atom. The average Bonchev–Trinajstić information content (AvgIpc) is 1.56. The second-order valence-corrected chi connectivity index (χ2v) is 36.3. The SMILES string of the molecule is CCCCC1(CCCC)c2cc(I)ccc2-c2ccc(-c3ccc4c(c3)C(CCCC)(CCCC)c3cc(-c5ccc6c(c5)C(CCCC)(CCCC)c5cc(-c7ccc8c(c7)C(CCCC)(CCCC)c7cc(-c9ccc(-c%10nnc(-c%11ccc(C(C)(C)C)cc%11)n%10-c%10ccccc%10)cc9)ccc7-8)ccc5-6)ccc3-4)cc21. The predicted molar refractivity (Wildman–Crippen MR) is 486 cm³/mol. The summed E-state index contributed by atoms with van der Waals surface area (Å²) >= 11 is 2.56. The highest BCUT2D eigenvalue weighted by atomic mass is 127. The van der Waals surface area contributed by atoms with E-state index in [0.717, 1.165) is 79.8 Å². The molecule has 0 saturated carbocycles. The Labute approximate surface area is 685 Å². The molecule has 0 N–H and O–H groups in total. The molecule has 1 aromatic heterocycles. The number of rotatable bonds is 31. The van der Waals surface area contributed by atoms with Crippen molar-refractivity contribution in [1.29, 1.82) is 0 Å². The normalized spacial score (nSPS) is 14.7. The number of hydrogen-bond donors (Lipinski definition) is 0. The summed E-state index contributed by atoms with van der Waals surface area (Å²) in [5.74, 6) is 1.67. The van der Waals surface area contributed by atoms with Gasteiger partial charge in [0.2, 0.25) is 0 Å². The first-order valence-electron chi connectivity index (χ1n) is 43.7. The predicted octanol–water partition coefficient (Wildman–Crippen LogP) is 31.8. The van der Waals surface area contributed by atoms with Gasteiger partial charge in [0.15, 0.2) is 11.6 Å². The van der Waals surface area contributed by atoms with Crippen LogP contribution in [-0.4, -0.2) is 14.8 Å². The standard InChI is InChI=1S/C108H118IN3/c1-12-20-57-105(58-21-13-2)94-65-76(73-33-35-74(36-34-73)102-110-111-103(112(102)85-31-29-28-30-32-85)75-37-46-83(47-38-75)104(9,10)11)39-49-86(94)87-50-40-77(66-95(87)105)78-41-51-88-89-52-42-79(68-97(89)106(59-22-14-3,60-23-15-4)96(88)67-78)80-43-53-90-91-54-44-81(70-99(91)107(61-24-16-5,62-25-17-6)98(90)69-80)82-45-55-92-93-56-48-84(109)72-101(93)108(63-26-18-7,64-27-19-8)100(92)71-82/h28-56,65-72H,12-27,57-64H2,1-11H3. The Kier molecular flexibility index (Phi) is 22.3. The molecule has 4 aliphatic rings. The van der Waals surface area contributed by atoms with Crippen LogP contribution in [0.15, 0.2) is 224 Å². The zero-order valence-electron chi connectivity index (χ0n) is 69.1. The minimum Gasteiger partial charge on any atom is -0.275 e. The van der Waals surface area contributed by atoms with Crippen molar-refractivity contribution in [2.75, 3.05) is 0 Å². The molecule has 0 saturated heterocycles. The van der Waals surface area contributed by atoms with Crippen molar-refractivity contribution in [3.05, 3.63) is 278 Å². The number of aromatic nitrogens is 3. The van der Waals surface area contributed by atoms with Crippen molar-refractivity contribution in [3.63, 3.8) is 0 Å². The van der Waals surface area contributed by atoms with Crippen LogP contribution < -0.4 is 0 Å². The number of fused-ring (bicyclic) bond motifs is 12. The molecule has 0 aliphatic heterocycles. The van der Waals surface area contributed by atoms with E-state index in [1.165, 1.54) is 212 Å². The van der Waals surface area contributed by atoms with Crippen molar-refractivity contribution >= 4 is 22.6 Å². The van der Waals surface area contributed by atoms with Gasteiger partial charge in [-0.2, -0.15) is 0 Å². The summed E-state index contributed by atoms with van der Waals surface area (Å²) in [5.41, 5.74) is 38.7. The Balaban J connectivity index is 0.740. The molecule has 3 nitrogen and oxygen atoms in total. The van der Waals surface area contributed by atoms with Gasteiger partial charge in [0.1, 0.15) is 0 Å². The van der Waals surface area contributed by atoms with Crippen molar-refractivity contribution in [1.82, 2.24) is 14.8 Å². The lowest BCUT2D eigenvalue weighted by molar-refractivity contribution is 0.414. The molecule has 0 bridgehead atoms. The maximum Gasteiger partial charge on any atom is 0.168 e. The van der Waals surface area contributed by atoms with Gasteiger partial charge in [-0.1, -0.05) is 337 Å². The quantitative estimate of drug-likeness (QED) is 0.0406. The lowest BCUT2D eigenvalue weighted by atomic mass is 9.69. The van der Waals surface area contributed by atoms with Gasteiger partial charge in [0, 0.05) is 42.0 Å². The summed E-state index contributed by atoms with van der Waals surface area (Å²) in [4.78, 5) is 0. The highest BCUT2D eigenvalue weighted by Crippen LogP contribution is 2.62. The fourth-order valence-corrected chi connectivity index (χ4v) is 21.6. The highest BCUT2D eigenvalue weighted by Gasteiger charge is 2.48. The maximum atomic E-state index is 4.93. The minimum atomic E-state index is -0.105. The summed E-state index contributed by atoms with van der Waals surface area (Å²) in [6.07, 6.45) is 28.4. The average molecular weight is 1590 g/mol. The molecule has 0 radical (unpaired) electrons. The van der Waals surface area contributed by atoms with Crippen LogP contribution in [0, 0.1) is 3.57 Å². The van der Waals surface area contributed by atoms with Gasteiger partial charge in [-0.05, 0) is 285 Å². The number of nitrogens with zero attached hydrogens (tertiary/aromatic N) is 3. The number of unbranched alkanes of at least 4 members (excludes halogenated alkanes) is 8. The molecule has 0 amide bonds. The van der Waals surface area contributed by atoms with Gasteiger partial charge in [-0.25, -0.2) is 0 Å². The van der Waals surface area contributed by atoms with E-state index in [1.54, 1.807) is 33.4 Å². The molecule has 112 heavy (non-hydrogen) atoms. The lowest BCUT2D eigenvalue weighted by Crippen LogP contribution is -2.26. The Morgan fingerprint density at radius 2 is 0.482 bits per heavy atom. The zero-order valence-corrected chi connectivity index (χ0v) is 71.2. The van der Waals surface area contributed by atoms with Gasteiger partial charge >= 0.3 is 0 Å². The zero-order chi connectivity index (χ0) is 77.5. The lowest BCUT2D eigenvalue weighted by Gasteiger charge is -2.34. The summed E-state index contributed by atoms with van der Waals surface area (Å²) in [6, 6.07) is 89.4. The van der Waals surface area contributed by atoms with Crippen LogP contribution in [0.4, 0.5) is 0 Å². The first-order valence-corrected chi connectivity index (χ1v) is 44.8. The third kappa shape index (κ3) is 13.5. The largest absolute Gasteiger partial charge is 0.275 e. The molecular weight excluding hydrogens is 1470 g/mol. The van der Waals surface area contributed by atoms with E-state index >= 15 is 0 Å². The summed E-state index contributed by atoms with van der Waals surface area (Å²) in [7, 11) is 0. The van der Waals surface area contributed by atoms with E-state index in [2.05, 4.69) is 328 Å². The van der Waals surface area contributed by atoms with Gasteiger partial charge in [-0.15, -0.1) is 10.2 Å². The third-order valence-electron chi connectivity index (χ3n) is 27.2. The fourth-order valence-electron chi connectivity index (χ4n) is 21.1. The molecule has 11 aromatic carbocycles. The van der Waals surface area contributed by atoms with Crippen LogP contribution in [0.1, 0.15) is 280 Å². The molecule has 0 atom stereocenters. The van der Waals surface area contributed by atoms with E-state index in [4.69, 9.17) is 10.2 Å². The molecule has 572 valence electrons. The van der Waals surface area contributed by atoms with Crippen molar-refractivity contribution in [2.24, 2.45) is 0 Å². The van der Waals surface area contributed by atoms with E-state index in [-0.39, 0.29) is 27.1 Å².